The van der Waals surface area contributed by atoms with E-state index in [1.165, 1.54) is 33.7 Å². The number of halogens is 2. The number of ether oxygens (including phenoxy) is 2. The monoisotopic (exact) mass is 707 g/mol. The van der Waals surface area contributed by atoms with E-state index in [1.807, 2.05) is 45.2 Å². The van der Waals surface area contributed by atoms with E-state index in [-0.39, 0.29) is 31.9 Å². The number of aromatic amines is 1. The van der Waals surface area contributed by atoms with Gasteiger partial charge in [-0.15, -0.1) is 0 Å². The Bertz CT molecular complexity index is 1190. The van der Waals surface area contributed by atoms with Gasteiger partial charge in [0, 0.05) is 31.3 Å². The van der Waals surface area contributed by atoms with Crippen molar-refractivity contribution >= 4 is 51.0 Å². The van der Waals surface area contributed by atoms with Crippen molar-refractivity contribution in [3.05, 3.63) is 55.8 Å². The number of nitrogen functional groups attached to an aromatic ring is 1. The van der Waals surface area contributed by atoms with Crippen molar-refractivity contribution in [1.29, 1.82) is 0 Å². The lowest BCUT2D eigenvalue weighted by molar-refractivity contribution is -0.0554. The average Bonchev–Trinajstić information content (AvgIpc) is 3.22. The van der Waals surface area contributed by atoms with Crippen LogP contribution in [0.5, 0.6) is 0 Å². The second kappa shape index (κ2) is 10.7. The lowest BCUT2D eigenvalue weighted by Gasteiger charge is -2.24. The van der Waals surface area contributed by atoms with Crippen molar-refractivity contribution in [2.24, 2.45) is 0 Å². The average molecular weight is 707 g/mol. The summed E-state index contributed by atoms with van der Waals surface area (Å²) in [5.41, 5.74) is 3.73. The maximum absolute atomic E-state index is 11.7. The number of nitrogens with two attached hydrogens (primary N) is 1. The molecule has 2 saturated heterocycles. The molecular weight excluding hydrogens is 684 g/mol. The third kappa shape index (κ3) is 5.69. The Morgan fingerprint density at radius 3 is 1.94 bits per heavy atom. The second-order valence-corrected chi connectivity index (χ2v) is 11.0. The predicted molar refractivity (Wildman–Crippen MR) is 133 cm³/mol. The van der Waals surface area contributed by atoms with Crippen LogP contribution in [0.2, 0.25) is 0 Å². The summed E-state index contributed by atoms with van der Waals surface area (Å²) in [6.07, 6.45) is 0.0257. The first kappa shape index (κ1) is 27.2. The van der Waals surface area contributed by atoms with Crippen LogP contribution >= 0.6 is 45.2 Å². The predicted octanol–water partition coefficient (Wildman–Crippen LogP) is -2.26. The van der Waals surface area contributed by atoms with Gasteiger partial charge in [0.1, 0.15) is 18.0 Å². The number of hydrogen-bond donors (Lipinski definition) is 6. The maximum Gasteiger partial charge on any atom is 0.352 e. The highest BCUT2D eigenvalue weighted by Crippen LogP contribution is 2.40. The number of alkyl halides is 2. The van der Waals surface area contributed by atoms with Crippen molar-refractivity contribution in [2.75, 3.05) is 18.9 Å². The van der Waals surface area contributed by atoms with Gasteiger partial charge in [-0.25, -0.2) is 9.59 Å². The zero-order valence-corrected chi connectivity index (χ0v) is 21.8. The summed E-state index contributed by atoms with van der Waals surface area (Å²) in [5, 5.41) is 37.3. The number of hydrogen-bond acceptors (Lipinski definition) is 11. The summed E-state index contributed by atoms with van der Waals surface area (Å²) in [4.78, 5) is 39.9. The van der Waals surface area contributed by atoms with Gasteiger partial charge >= 0.3 is 11.4 Å². The molecule has 2 fully saturated rings. The molecule has 7 N–H and O–H groups in total. The molecule has 2 aromatic rings. The van der Waals surface area contributed by atoms with Crippen molar-refractivity contribution in [3.63, 3.8) is 0 Å². The van der Waals surface area contributed by atoms with Gasteiger partial charge in [0.15, 0.2) is 0 Å². The van der Waals surface area contributed by atoms with Crippen molar-refractivity contribution in [3.8, 4) is 0 Å². The fraction of sp³-hybridized carbons (Fsp3) is 0.556. The van der Waals surface area contributed by atoms with Crippen molar-refractivity contribution in [1.82, 2.24) is 19.1 Å². The topological polar surface area (TPSA) is 215 Å². The van der Waals surface area contributed by atoms with Gasteiger partial charge in [-0.05, 0) is 51.2 Å². The highest BCUT2D eigenvalue weighted by Gasteiger charge is 2.47. The normalized spacial score (nSPS) is 32.9. The Hall–Kier alpha value is -1.42. The molecule has 2 aliphatic rings. The molecule has 188 valence electrons. The molecule has 2 aromatic heterocycles. The zero-order valence-electron chi connectivity index (χ0n) is 17.5. The molecule has 0 spiro atoms. The fourth-order valence-corrected chi connectivity index (χ4v) is 5.78. The number of nitrogens with one attached hydrogen (secondary N) is 1. The van der Waals surface area contributed by atoms with E-state index in [2.05, 4.69) is 9.97 Å². The summed E-state index contributed by atoms with van der Waals surface area (Å²) in [6.45, 7) is -0.632. The zero-order chi connectivity index (χ0) is 25.3. The number of anilines is 1. The molecule has 0 unspecified atom stereocenters. The molecule has 0 saturated carbocycles. The smallest absolute Gasteiger partial charge is 0.352 e. The molecule has 4 rings (SSSR count). The number of H-pyrrole nitrogens is 1. The van der Waals surface area contributed by atoms with Crippen LogP contribution in [-0.2, 0) is 16.9 Å². The molecule has 0 aliphatic carbocycles. The summed E-state index contributed by atoms with van der Waals surface area (Å²) >= 11 is 3.78. The molecule has 0 amide bonds. The van der Waals surface area contributed by atoms with Crippen molar-refractivity contribution < 1.29 is 29.9 Å². The largest absolute Gasteiger partial charge is 0.394 e. The number of nitrogens with zero attached hydrogens (tertiary/aromatic N) is 3. The minimum Gasteiger partial charge on any atom is -0.394 e. The van der Waals surface area contributed by atoms with E-state index in [1.54, 1.807) is 0 Å². The summed E-state index contributed by atoms with van der Waals surface area (Å²) in [6, 6.07) is 2.67. The molecule has 34 heavy (non-hydrogen) atoms. The van der Waals surface area contributed by atoms with E-state index in [0.717, 1.165) is 0 Å². The van der Waals surface area contributed by atoms with Gasteiger partial charge in [-0.3, -0.25) is 18.9 Å². The molecule has 6 atom stereocenters. The molecule has 14 nitrogen and oxygen atoms in total. The SMILES string of the molecule is Nc1ccn([C@@]2(I)C[C@H](O)[C@@H](CO)O2)c(=O)n1.O=c1ccn([C@@]2(I)C[C@H](O)[C@@H](CO)O2)c(=O)[nH]1. The highest BCUT2D eigenvalue weighted by molar-refractivity contribution is 14.1. The van der Waals surface area contributed by atoms with E-state index >= 15 is 0 Å². The third-order valence-electron chi connectivity index (χ3n) is 5.17. The van der Waals surface area contributed by atoms with Gasteiger partial charge in [-0.1, -0.05) is 0 Å². The first-order chi connectivity index (χ1) is 15.9. The van der Waals surface area contributed by atoms with Gasteiger partial charge < -0.3 is 35.6 Å². The van der Waals surface area contributed by atoms with Crippen LogP contribution in [0.25, 0.3) is 0 Å². The summed E-state index contributed by atoms with van der Waals surface area (Å²) < 4.78 is 11.2. The van der Waals surface area contributed by atoms with Crippen LogP contribution in [0, 0.1) is 0 Å². The Balaban J connectivity index is 0.000000191. The summed E-state index contributed by atoms with van der Waals surface area (Å²) in [5.74, 6) is 0.128. The van der Waals surface area contributed by atoms with Crippen LogP contribution in [0.15, 0.2) is 38.9 Å². The number of rotatable bonds is 4. The van der Waals surface area contributed by atoms with E-state index in [0.29, 0.717) is 0 Å². The number of aliphatic hydroxyl groups excluding tert-OH is 4. The molecule has 0 bridgehead atoms. The Morgan fingerprint density at radius 1 is 1.00 bits per heavy atom. The van der Waals surface area contributed by atoms with Crippen LogP contribution in [-0.4, -0.2) is 77.2 Å². The lowest BCUT2D eigenvalue weighted by Crippen LogP contribution is -2.40. The Labute approximate surface area is 218 Å². The van der Waals surface area contributed by atoms with Crippen LogP contribution in [0.1, 0.15) is 12.8 Å². The second-order valence-electron chi connectivity index (χ2n) is 7.58. The first-order valence-electron chi connectivity index (χ1n) is 9.92. The molecule has 0 aromatic carbocycles. The van der Waals surface area contributed by atoms with Gasteiger partial charge in [0.25, 0.3) is 5.56 Å². The van der Waals surface area contributed by atoms with Crippen LogP contribution < -0.4 is 22.7 Å². The van der Waals surface area contributed by atoms with E-state index in [9.17, 15) is 24.6 Å². The maximum atomic E-state index is 11.7. The van der Waals surface area contributed by atoms with Gasteiger partial charge in [0.2, 0.25) is 7.46 Å². The standard InChI is InChI=1S/C9H12IN3O4.C9H11IN2O5/c10-9(3-5(15)6(4-14)17-9)13-2-1-7(11)12-8(13)16;10-9(3-5(14)6(4-13)17-9)12-2-1-7(15)11-8(12)16/h1-2,5-6,14-15H,3-4H2,(H2,11,12,16);1-2,5-6,13-14H,3-4H2,(H,11,15,16)/t2*5-,6+,9-/m00/s1. The fourth-order valence-electron chi connectivity index (χ4n) is 3.47. The minimum absolute atomic E-state index is 0.128. The van der Waals surface area contributed by atoms with E-state index < -0.39 is 48.8 Å². The number of aromatic nitrogens is 4. The molecule has 16 heteroatoms. The lowest BCUT2D eigenvalue weighted by atomic mass is 10.2. The van der Waals surface area contributed by atoms with Gasteiger partial charge in [-0.2, -0.15) is 4.98 Å². The molecule has 0 radical (unpaired) electrons. The number of aliphatic hydroxyl groups is 4. The quantitative estimate of drug-likeness (QED) is 0.147. The highest BCUT2D eigenvalue weighted by atomic mass is 127. The van der Waals surface area contributed by atoms with Crippen LogP contribution in [0.4, 0.5) is 5.82 Å². The molecular formula is C18H23I2N5O9. The third-order valence-corrected chi connectivity index (χ3v) is 7.60. The molecule has 4 heterocycles. The van der Waals surface area contributed by atoms with Crippen molar-refractivity contribution in [2.45, 2.75) is 44.7 Å². The van der Waals surface area contributed by atoms with Gasteiger partial charge in [0.05, 0.1) is 25.4 Å². The minimum atomic E-state index is -1.09. The molecule has 2 aliphatic heterocycles. The summed E-state index contributed by atoms with van der Waals surface area (Å²) in [7, 11) is 0. The Kier molecular flexibility index (Phi) is 8.54. The van der Waals surface area contributed by atoms with Crippen LogP contribution in [0.3, 0.4) is 0 Å². The van der Waals surface area contributed by atoms with E-state index in [4.69, 9.17) is 25.4 Å². The first-order valence-corrected chi connectivity index (χ1v) is 12.1. The Morgan fingerprint density at radius 2 is 1.50 bits per heavy atom.